The summed E-state index contributed by atoms with van der Waals surface area (Å²) in [4.78, 5) is 0. The van der Waals surface area contributed by atoms with Crippen molar-refractivity contribution in [2.45, 2.75) is 0 Å². The monoisotopic (exact) mass is 85.0 g/mol. The summed E-state index contributed by atoms with van der Waals surface area (Å²) in [7, 11) is 1.50. The molecule has 0 fully saturated rings. The summed E-state index contributed by atoms with van der Waals surface area (Å²) >= 11 is 0. The molecule has 0 atom stereocenters. The quantitative estimate of drug-likeness (QED) is 0.276. The van der Waals surface area contributed by atoms with Crippen LogP contribution in [0.25, 0.3) is 0 Å². The Labute approximate surface area is 54.1 Å². The molecule has 3 heteroatoms. The van der Waals surface area contributed by atoms with Crippen LogP contribution < -0.4 is 39.8 Å². The van der Waals surface area contributed by atoms with Gasteiger partial charge in [0.25, 0.3) is 0 Å². The third-order valence-electron chi connectivity index (χ3n) is 0. The van der Waals surface area contributed by atoms with Crippen molar-refractivity contribution in [3.8, 4) is 0 Å². The smallest absolute Gasteiger partial charge is 0.857 e. The second-order valence-corrected chi connectivity index (χ2v) is 0. The van der Waals surface area contributed by atoms with Crippen LogP contribution in [0.1, 0.15) is 0 Å². The van der Waals surface area contributed by atoms with Crippen LogP contribution in [0, 0.1) is 0 Å². The molecular weight excluding hydrogens is 79.0 g/mol. The fourth-order valence-electron chi connectivity index (χ4n) is 0. The molecule has 0 amide bonds. The number of hydrogen-bond donors (Lipinski definition) is 0. The molecule has 0 aromatic heterocycles. The third kappa shape index (κ3) is 49.6. The topological polar surface area (TPSA) is 46.1 Å². The first-order valence-corrected chi connectivity index (χ1v) is 0.816. The zero-order valence-electron chi connectivity index (χ0n) is 3.82. The predicted octanol–water partition coefficient (Wildman–Crippen LogP) is -5.04. The van der Waals surface area contributed by atoms with Gasteiger partial charge < -0.3 is 10.2 Å². The van der Waals surface area contributed by atoms with Crippen LogP contribution in [0.2, 0.25) is 0 Å². The average molecular weight is 85.1 g/mol. The molecule has 0 aromatic carbocycles. The Morgan fingerprint density at radius 1 is 0.800 bits per heavy atom. The van der Waals surface area contributed by atoms with Crippen LogP contribution in [0.5, 0.6) is 0 Å². The molecule has 2 nitrogen and oxygen atoms in total. The van der Waals surface area contributed by atoms with Gasteiger partial charge in [-0.2, -0.15) is 14.2 Å². The van der Waals surface area contributed by atoms with E-state index < -0.39 is 0 Å². The van der Waals surface area contributed by atoms with Gasteiger partial charge in [0.1, 0.15) is 0 Å². The summed E-state index contributed by atoms with van der Waals surface area (Å²) in [5.74, 6) is 0. The Balaban J connectivity index is -0.0000000133. The number of hydrogen-bond acceptors (Lipinski definition) is 2. The molecule has 0 saturated carbocycles. The Morgan fingerprint density at radius 2 is 0.800 bits per heavy atom. The van der Waals surface area contributed by atoms with Crippen molar-refractivity contribution in [1.82, 2.24) is 0 Å². The normalized spacial score (nSPS) is 2.40. The predicted molar refractivity (Wildman–Crippen MR) is 11.8 cm³/mol. The summed E-state index contributed by atoms with van der Waals surface area (Å²) in [6, 6.07) is 0. The molecule has 0 aliphatic carbocycles. The van der Waals surface area contributed by atoms with Crippen molar-refractivity contribution < 1.29 is 39.8 Å². The molecule has 0 saturated heterocycles. The van der Waals surface area contributed by atoms with Gasteiger partial charge in [0.2, 0.25) is 0 Å². The minimum absolute atomic E-state index is 0. The van der Waals surface area contributed by atoms with Gasteiger partial charge in [-0.1, -0.05) is 0 Å². The average Bonchev–Trinajstić information content (AvgIpc) is 1.50. The fraction of sp³-hybridized carbons (Fsp3) is 1.00. The Morgan fingerprint density at radius 3 is 0.800 bits per heavy atom. The van der Waals surface area contributed by atoms with E-state index in [2.05, 4.69) is 0 Å². The zero-order chi connectivity index (χ0) is 4.00. The van der Waals surface area contributed by atoms with Crippen LogP contribution >= 0.6 is 0 Å². The van der Waals surface area contributed by atoms with E-state index in [1.165, 1.54) is 0 Å². The summed E-state index contributed by atoms with van der Waals surface area (Å²) in [5.41, 5.74) is 0. The van der Waals surface area contributed by atoms with Crippen molar-refractivity contribution in [2.24, 2.45) is 0 Å². The van der Waals surface area contributed by atoms with E-state index >= 15 is 0 Å². The van der Waals surface area contributed by atoms with Gasteiger partial charge >= 0.3 is 29.6 Å². The Kier molecular flexibility index (Phi) is 300. The standard InChI is InChI=1S/2CH3O.Na/c2*1-2;/h2*1H3;/q2*-1;+1. The van der Waals surface area contributed by atoms with Gasteiger partial charge in [-0.15, -0.1) is 0 Å². The first-order valence-electron chi connectivity index (χ1n) is 0.816. The van der Waals surface area contributed by atoms with E-state index in [9.17, 15) is 0 Å². The maximum Gasteiger partial charge on any atom is 1.00 e. The summed E-state index contributed by atoms with van der Waals surface area (Å²) in [5, 5.41) is 16.5. The molecule has 0 unspecified atom stereocenters. The first kappa shape index (κ1) is 16.8. The molecule has 0 spiro atoms. The first-order chi connectivity index (χ1) is 2.00. The van der Waals surface area contributed by atoms with E-state index in [0.29, 0.717) is 0 Å². The molecule has 28 valence electrons. The second kappa shape index (κ2) is 89.3. The van der Waals surface area contributed by atoms with Crippen molar-refractivity contribution in [1.29, 1.82) is 0 Å². The molecule has 0 bridgehead atoms. The molecule has 0 rings (SSSR count). The maximum absolute atomic E-state index is 8.25. The van der Waals surface area contributed by atoms with Crippen LogP contribution in [0.4, 0.5) is 0 Å². The summed E-state index contributed by atoms with van der Waals surface area (Å²) < 4.78 is 0. The third-order valence-corrected chi connectivity index (χ3v) is 0. The molecule has 0 aliphatic heterocycles. The zero-order valence-corrected chi connectivity index (χ0v) is 5.82. The molecule has 0 aromatic rings. The maximum atomic E-state index is 8.25. The van der Waals surface area contributed by atoms with Gasteiger partial charge in [0, 0.05) is 0 Å². The van der Waals surface area contributed by atoms with E-state index in [1.54, 1.807) is 0 Å². The van der Waals surface area contributed by atoms with Crippen LogP contribution in [-0.2, 0) is 0 Å². The van der Waals surface area contributed by atoms with Crippen molar-refractivity contribution in [2.75, 3.05) is 14.2 Å². The summed E-state index contributed by atoms with van der Waals surface area (Å²) in [6.07, 6.45) is 0. The van der Waals surface area contributed by atoms with E-state index in [0.717, 1.165) is 14.2 Å². The SMILES string of the molecule is C[O-].C[O-].[Na+]. The largest absolute Gasteiger partial charge is 1.00 e. The Bertz CT molecular complexity index is 7.61. The van der Waals surface area contributed by atoms with Crippen LogP contribution in [-0.4, -0.2) is 14.2 Å². The molecule has 0 N–H and O–H groups in total. The van der Waals surface area contributed by atoms with Gasteiger partial charge in [-0.05, 0) is 0 Å². The van der Waals surface area contributed by atoms with Crippen molar-refractivity contribution in [3.63, 3.8) is 0 Å². The van der Waals surface area contributed by atoms with Crippen molar-refractivity contribution >= 4 is 0 Å². The second-order valence-electron chi connectivity index (χ2n) is 0. The van der Waals surface area contributed by atoms with E-state index in [-0.39, 0.29) is 29.6 Å². The van der Waals surface area contributed by atoms with Gasteiger partial charge in [-0.3, -0.25) is 0 Å². The molecular formula is C2H6NaO2-. The summed E-state index contributed by atoms with van der Waals surface area (Å²) in [6.45, 7) is 0. The Hall–Kier alpha value is 0.920. The van der Waals surface area contributed by atoms with Gasteiger partial charge in [-0.25, -0.2) is 0 Å². The fourth-order valence-corrected chi connectivity index (χ4v) is 0. The minimum Gasteiger partial charge on any atom is -0.857 e. The van der Waals surface area contributed by atoms with Crippen LogP contribution in [0.3, 0.4) is 0 Å². The minimum atomic E-state index is 0. The van der Waals surface area contributed by atoms with Crippen LogP contribution in [0.15, 0.2) is 0 Å². The van der Waals surface area contributed by atoms with Gasteiger partial charge in [0.05, 0.1) is 0 Å². The van der Waals surface area contributed by atoms with Gasteiger partial charge in [0.15, 0.2) is 0 Å². The molecule has 0 radical (unpaired) electrons. The number of rotatable bonds is 0. The molecule has 0 heterocycles. The van der Waals surface area contributed by atoms with E-state index in [1.807, 2.05) is 0 Å². The molecule has 5 heavy (non-hydrogen) atoms. The molecule has 0 aliphatic rings. The van der Waals surface area contributed by atoms with Crippen molar-refractivity contribution in [3.05, 3.63) is 0 Å². The van der Waals surface area contributed by atoms with E-state index in [4.69, 9.17) is 10.2 Å².